The summed E-state index contributed by atoms with van der Waals surface area (Å²) in [6, 6.07) is 7.72. The standard InChI is InChI=1S/C21H19ClN6OS/c1-12-9-23-11-18(26-12)13-3-4-15(17(22)8-13)16-7-14-10-25-21(30-2)28-19(14)27-20(16)24-5-6-29/h3-4,7-11,29H,5-6H2,1-2H3,(H,24,25,27,28). The highest BCUT2D eigenvalue weighted by Crippen LogP contribution is 2.36. The third-order valence-corrected chi connectivity index (χ3v) is 5.32. The van der Waals surface area contributed by atoms with Crippen LogP contribution in [0.1, 0.15) is 5.69 Å². The summed E-state index contributed by atoms with van der Waals surface area (Å²) < 4.78 is 0. The summed E-state index contributed by atoms with van der Waals surface area (Å²) >= 11 is 8.13. The van der Waals surface area contributed by atoms with Gasteiger partial charge >= 0.3 is 0 Å². The minimum atomic E-state index is -0.0162. The molecule has 0 unspecified atom stereocenters. The Hall–Kier alpha value is -2.81. The average molecular weight is 439 g/mol. The number of rotatable bonds is 6. The minimum Gasteiger partial charge on any atom is -0.395 e. The van der Waals surface area contributed by atoms with Crippen molar-refractivity contribution >= 4 is 40.2 Å². The van der Waals surface area contributed by atoms with Gasteiger partial charge in [0.1, 0.15) is 5.82 Å². The predicted octanol–water partition coefficient (Wildman–Crippen LogP) is 4.24. The van der Waals surface area contributed by atoms with Crippen LogP contribution >= 0.6 is 23.4 Å². The molecule has 0 bridgehead atoms. The molecule has 0 amide bonds. The number of aryl methyl sites for hydroxylation is 1. The number of aliphatic hydroxyl groups excluding tert-OH is 1. The number of hydrogen-bond donors (Lipinski definition) is 2. The summed E-state index contributed by atoms with van der Waals surface area (Å²) in [7, 11) is 0. The summed E-state index contributed by atoms with van der Waals surface area (Å²) in [6.45, 7) is 2.25. The molecule has 4 aromatic rings. The van der Waals surface area contributed by atoms with Gasteiger partial charge in [0.2, 0.25) is 0 Å². The van der Waals surface area contributed by atoms with Crippen molar-refractivity contribution in [1.29, 1.82) is 0 Å². The first-order valence-corrected chi connectivity index (χ1v) is 10.8. The first kappa shape index (κ1) is 20.5. The zero-order chi connectivity index (χ0) is 21.1. The highest BCUT2D eigenvalue weighted by atomic mass is 35.5. The number of nitrogens with zero attached hydrogens (tertiary/aromatic N) is 5. The number of pyridine rings is 1. The van der Waals surface area contributed by atoms with Crippen LogP contribution in [-0.4, -0.2) is 49.4 Å². The number of fused-ring (bicyclic) bond motifs is 1. The van der Waals surface area contributed by atoms with Gasteiger partial charge in [0.05, 0.1) is 24.2 Å². The second-order valence-electron chi connectivity index (χ2n) is 6.54. The van der Waals surface area contributed by atoms with Crippen molar-refractivity contribution in [2.45, 2.75) is 12.1 Å². The van der Waals surface area contributed by atoms with Gasteiger partial charge in [-0.3, -0.25) is 4.98 Å². The SMILES string of the molecule is CSc1ncc2cc(-c3ccc(-c4cncc(C)n4)cc3Cl)c(NCCO)nc2n1. The fourth-order valence-electron chi connectivity index (χ4n) is 3.06. The monoisotopic (exact) mass is 438 g/mol. The second kappa shape index (κ2) is 8.91. The lowest BCUT2D eigenvalue weighted by Crippen LogP contribution is -2.09. The molecule has 0 aliphatic rings. The molecule has 2 N–H and O–H groups in total. The molecule has 0 spiro atoms. The van der Waals surface area contributed by atoms with Gasteiger partial charge < -0.3 is 10.4 Å². The van der Waals surface area contributed by atoms with E-state index in [0.717, 1.165) is 33.5 Å². The van der Waals surface area contributed by atoms with Crippen molar-refractivity contribution in [3.63, 3.8) is 0 Å². The molecular formula is C21H19ClN6OS. The van der Waals surface area contributed by atoms with Crippen LogP contribution in [0.3, 0.4) is 0 Å². The van der Waals surface area contributed by atoms with Crippen molar-refractivity contribution in [3.8, 4) is 22.4 Å². The number of halogens is 1. The second-order valence-corrected chi connectivity index (χ2v) is 7.73. The molecule has 0 aliphatic carbocycles. The van der Waals surface area contributed by atoms with Crippen LogP contribution in [0.4, 0.5) is 5.82 Å². The van der Waals surface area contributed by atoms with Gasteiger partial charge in [-0.2, -0.15) is 0 Å². The van der Waals surface area contributed by atoms with Gasteiger partial charge in [-0.05, 0) is 25.3 Å². The molecule has 152 valence electrons. The molecular weight excluding hydrogens is 420 g/mol. The van der Waals surface area contributed by atoms with Gasteiger partial charge in [0.15, 0.2) is 10.8 Å². The highest BCUT2D eigenvalue weighted by molar-refractivity contribution is 7.98. The molecule has 3 heterocycles. The Balaban J connectivity index is 1.82. The fraction of sp³-hybridized carbons (Fsp3) is 0.190. The molecule has 7 nitrogen and oxygen atoms in total. The fourth-order valence-corrected chi connectivity index (χ4v) is 3.67. The van der Waals surface area contributed by atoms with E-state index in [4.69, 9.17) is 11.6 Å². The van der Waals surface area contributed by atoms with E-state index in [2.05, 4.69) is 30.2 Å². The number of nitrogens with one attached hydrogen (secondary N) is 1. The Morgan fingerprint density at radius 3 is 2.67 bits per heavy atom. The van der Waals surface area contributed by atoms with Gasteiger partial charge in [-0.15, -0.1) is 0 Å². The Labute approximate surface area is 183 Å². The van der Waals surface area contributed by atoms with Crippen molar-refractivity contribution in [1.82, 2.24) is 24.9 Å². The summed E-state index contributed by atoms with van der Waals surface area (Å²) in [5.74, 6) is 0.604. The molecule has 0 fully saturated rings. The number of hydrogen-bond acceptors (Lipinski definition) is 8. The van der Waals surface area contributed by atoms with Crippen molar-refractivity contribution in [2.75, 3.05) is 24.7 Å². The van der Waals surface area contributed by atoms with Crippen LogP contribution in [-0.2, 0) is 0 Å². The number of anilines is 1. The van der Waals surface area contributed by atoms with Crippen molar-refractivity contribution in [3.05, 3.63) is 53.6 Å². The summed E-state index contributed by atoms with van der Waals surface area (Å²) in [5.41, 5.74) is 4.68. The topological polar surface area (TPSA) is 96.7 Å². The van der Waals surface area contributed by atoms with Gasteiger partial charge in [0, 0.05) is 46.0 Å². The summed E-state index contributed by atoms with van der Waals surface area (Å²) in [5, 5.41) is 14.4. The maximum Gasteiger partial charge on any atom is 0.189 e. The first-order chi connectivity index (χ1) is 14.6. The van der Waals surface area contributed by atoms with Crippen LogP contribution in [0, 0.1) is 6.92 Å². The molecule has 0 saturated carbocycles. The molecule has 30 heavy (non-hydrogen) atoms. The summed E-state index contributed by atoms with van der Waals surface area (Å²) in [4.78, 5) is 22.2. The number of aromatic nitrogens is 5. The smallest absolute Gasteiger partial charge is 0.189 e. The normalized spacial score (nSPS) is 11.1. The van der Waals surface area contributed by atoms with Crippen LogP contribution < -0.4 is 5.32 Å². The predicted molar refractivity (Wildman–Crippen MR) is 121 cm³/mol. The Morgan fingerprint density at radius 2 is 1.93 bits per heavy atom. The van der Waals surface area contributed by atoms with E-state index in [0.29, 0.717) is 28.2 Å². The number of aliphatic hydroxyl groups is 1. The molecule has 1 aromatic carbocycles. The van der Waals surface area contributed by atoms with Crippen LogP contribution in [0.5, 0.6) is 0 Å². The van der Waals surface area contributed by atoms with Crippen LogP contribution in [0.25, 0.3) is 33.4 Å². The Morgan fingerprint density at radius 1 is 1.07 bits per heavy atom. The van der Waals surface area contributed by atoms with E-state index >= 15 is 0 Å². The van der Waals surface area contributed by atoms with E-state index in [1.165, 1.54) is 11.8 Å². The molecule has 3 aromatic heterocycles. The first-order valence-electron chi connectivity index (χ1n) is 9.24. The van der Waals surface area contributed by atoms with E-state index in [-0.39, 0.29) is 6.61 Å². The van der Waals surface area contributed by atoms with E-state index in [1.54, 1.807) is 18.6 Å². The average Bonchev–Trinajstić information content (AvgIpc) is 2.76. The third-order valence-electron chi connectivity index (χ3n) is 4.44. The molecule has 4 rings (SSSR count). The van der Waals surface area contributed by atoms with Crippen LogP contribution in [0.15, 0.2) is 48.0 Å². The molecule has 0 saturated heterocycles. The van der Waals surface area contributed by atoms with E-state index in [9.17, 15) is 5.11 Å². The minimum absolute atomic E-state index is 0.0162. The number of benzene rings is 1. The van der Waals surface area contributed by atoms with Gasteiger partial charge in [-0.1, -0.05) is 35.5 Å². The largest absolute Gasteiger partial charge is 0.395 e. The highest BCUT2D eigenvalue weighted by Gasteiger charge is 2.15. The van der Waals surface area contributed by atoms with Gasteiger partial charge in [0.25, 0.3) is 0 Å². The number of thioether (sulfide) groups is 1. The lowest BCUT2D eigenvalue weighted by Gasteiger charge is -2.14. The maximum absolute atomic E-state index is 9.27. The van der Waals surface area contributed by atoms with Crippen molar-refractivity contribution in [2.24, 2.45) is 0 Å². The molecule has 0 atom stereocenters. The molecule has 0 radical (unpaired) electrons. The van der Waals surface area contributed by atoms with Gasteiger partial charge in [-0.25, -0.2) is 19.9 Å². The molecule has 0 aliphatic heterocycles. The lowest BCUT2D eigenvalue weighted by atomic mass is 10.0. The van der Waals surface area contributed by atoms with Crippen molar-refractivity contribution < 1.29 is 5.11 Å². The Kier molecular flexibility index (Phi) is 6.08. The summed E-state index contributed by atoms with van der Waals surface area (Å²) in [6.07, 6.45) is 7.10. The lowest BCUT2D eigenvalue weighted by molar-refractivity contribution is 0.311. The Bertz CT molecular complexity index is 1220. The zero-order valence-electron chi connectivity index (χ0n) is 16.4. The van der Waals surface area contributed by atoms with E-state index in [1.807, 2.05) is 37.4 Å². The van der Waals surface area contributed by atoms with Crippen LogP contribution in [0.2, 0.25) is 5.02 Å². The molecule has 9 heteroatoms. The van der Waals surface area contributed by atoms with E-state index < -0.39 is 0 Å². The zero-order valence-corrected chi connectivity index (χ0v) is 18.0. The maximum atomic E-state index is 9.27. The third kappa shape index (κ3) is 4.21. The quantitative estimate of drug-likeness (QED) is 0.341.